The van der Waals surface area contributed by atoms with E-state index in [1.54, 1.807) is 19.1 Å². The van der Waals surface area contributed by atoms with Gasteiger partial charge in [-0.2, -0.15) is 0 Å². The van der Waals surface area contributed by atoms with Crippen LogP contribution in [0.25, 0.3) is 0 Å². The van der Waals surface area contributed by atoms with E-state index in [0.717, 1.165) is 5.69 Å². The van der Waals surface area contributed by atoms with E-state index in [9.17, 15) is 5.11 Å². The van der Waals surface area contributed by atoms with E-state index < -0.39 is 5.60 Å². The number of hydrogen-bond acceptors (Lipinski definition) is 3. The van der Waals surface area contributed by atoms with E-state index in [2.05, 4.69) is 10.3 Å². The Labute approximate surface area is 118 Å². The molecule has 0 spiro atoms. The molecule has 0 amide bonds. The van der Waals surface area contributed by atoms with E-state index in [0.29, 0.717) is 5.76 Å². The standard InChI is InChI=1S/C15H19N3O2/c1-11-5-7-12(8-6-11)18-14(16)17-10-15(2,19)13-4-3-9-20-13/h3-9,19H,10H2,1-2H3,(H3,16,17,18). The first-order valence-electron chi connectivity index (χ1n) is 6.37. The molecule has 106 valence electrons. The zero-order chi connectivity index (χ0) is 14.6. The molecule has 1 atom stereocenters. The lowest BCUT2D eigenvalue weighted by molar-refractivity contribution is 0.0438. The van der Waals surface area contributed by atoms with Gasteiger partial charge in [-0.1, -0.05) is 17.7 Å². The van der Waals surface area contributed by atoms with Crippen molar-refractivity contribution in [1.29, 1.82) is 0 Å². The molecule has 4 N–H and O–H groups in total. The van der Waals surface area contributed by atoms with Gasteiger partial charge in [-0.05, 0) is 38.1 Å². The molecular formula is C15H19N3O2. The van der Waals surface area contributed by atoms with Gasteiger partial charge in [0.1, 0.15) is 11.4 Å². The Morgan fingerprint density at radius 1 is 1.35 bits per heavy atom. The van der Waals surface area contributed by atoms with Crippen LogP contribution in [0, 0.1) is 6.92 Å². The summed E-state index contributed by atoms with van der Waals surface area (Å²) in [5.74, 6) is 0.713. The molecule has 0 saturated carbocycles. The summed E-state index contributed by atoms with van der Waals surface area (Å²) >= 11 is 0. The van der Waals surface area contributed by atoms with Crippen molar-refractivity contribution in [1.82, 2.24) is 0 Å². The van der Waals surface area contributed by atoms with Crippen molar-refractivity contribution in [2.45, 2.75) is 19.4 Å². The average molecular weight is 273 g/mol. The molecule has 0 bridgehead atoms. The molecular weight excluding hydrogens is 254 g/mol. The molecule has 0 aliphatic heterocycles. The Hall–Kier alpha value is -2.27. The van der Waals surface area contributed by atoms with Crippen molar-refractivity contribution in [3.05, 3.63) is 54.0 Å². The van der Waals surface area contributed by atoms with Crippen molar-refractivity contribution in [2.75, 3.05) is 11.9 Å². The van der Waals surface area contributed by atoms with Crippen molar-refractivity contribution in [3.63, 3.8) is 0 Å². The van der Waals surface area contributed by atoms with Crippen molar-refractivity contribution >= 4 is 11.6 Å². The minimum absolute atomic E-state index is 0.116. The molecule has 1 heterocycles. The van der Waals surface area contributed by atoms with Crippen LogP contribution in [0.1, 0.15) is 18.2 Å². The van der Waals surface area contributed by atoms with E-state index in [1.807, 2.05) is 31.2 Å². The van der Waals surface area contributed by atoms with Gasteiger partial charge in [0, 0.05) is 5.69 Å². The number of anilines is 1. The van der Waals surface area contributed by atoms with Crippen LogP contribution in [0.3, 0.4) is 0 Å². The van der Waals surface area contributed by atoms with Gasteiger partial charge in [-0.3, -0.25) is 0 Å². The number of hydrogen-bond donors (Lipinski definition) is 3. The summed E-state index contributed by atoms with van der Waals surface area (Å²) in [6.07, 6.45) is 1.52. The Balaban J connectivity index is 1.99. The Morgan fingerprint density at radius 3 is 2.65 bits per heavy atom. The molecule has 0 aliphatic carbocycles. The van der Waals surface area contributed by atoms with Gasteiger partial charge in [0.25, 0.3) is 0 Å². The zero-order valence-corrected chi connectivity index (χ0v) is 11.6. The number of benzene rings is 1. The van der Waals surface area contributed by atoms with Gasteiger partial charge < -0.3 is 20.6 Å². The van der Waals surface area contributed by atoms with Gasteiger partial charge in [-0.25, -0.2) is 4.99 Å². The van der Waals surface area contributed by atoms with Gasteiger partial charge in [-0.15, -0.1) is 0 Å². The Bertz CT molecular complexity index is 572. The summed E-state index contributed by atoms with van der Waals surface area (Å²) in [6, 6.07) is 11.2. The first-order chi connectivity index (χ1) is 9.47. The summed E-state index contributed by atoms with van der Waals surface area (Å²) in [4.78, 5) is 4.14. The molecule has 0 fully saturated rings. The second kappa shape index (κ2) is 5.79. The maximum absolute atomic E-state index is 10.2. The molecule has 0 radical (unpaired) electrons. The number of nitrogens with zero attached hydrogens (tertiary/aromatic N) is 1. The number of aryl methyl sites for hydroxylation is 1. The fourth-order valence-electron chi connectivity index (χ4n) is 1.73. The minimum Gasteiger partial charge on any atom is -0.466 e. The quantitative estimate of drug-likeness (QED) is 0.589. The van der Waals surface area contributed by atoms with Gasteiger partial charge in [0.05, 0.1) is 12.8 Å². The number of nitrogens with two attached hydrogens (primary N) is 1. The SMILES string of the molecule is Cc1ccc(NC(N)=NCC(C)(O)c2ccco2)cc1. The van der Waals surface area contributed by atoms with Crippen LogP contribution < -0.4 is 11.1 Å². The maximum Gasteiger partial charge on any atom is 0.193 e. The van der Waals surface area contributed by atoms with Crippen molar-refractivity contribution in [2.24, 2.45) is 10.7 Å². The fourth-order valence-corrected chi connectivity index (χ4v) is 1.73. The number of furan rings is 1. The molecule has 20 heavy (non-hydrogen) atoms. The van der Waals surface area contributed by atoms with E-state index in [4.69, 9.17) is 10.2 Å². The second-order valence-corrected chi connectivity index (χ2v) is 4.94. The van der Waals surface area contributed by atoms with Gasteiger partial charge in [0.15, 0.2) is 5.96 Å². The Morgan fingerprint density at radius 2 is 2.05 bits per heavy atom. The molecule has 2 rings (SSSR count). The fraction of sp³-hybridized carbons (Fsp3) is 0.267. The molecule has 5 nitrogen and oxygen atoms in total. The third-order valence-electron chi connectivity index (χ3n) is 2.93. The summed E-state index contributed by atoms with van der Waals surface area (Å²) in [7, 11) is 0. The number of nitrogens with one attached hydrogen (secondary N) is 1. The van der Waals surface area contributed by atoms with Crippen LogP contribution in [0.2, 0.25) is 0 Å². The first-order valence-corrected chi connectivity index (χ1v) is 6.37. The second-order valence-electron chi connectivity index (χ2n) is 4.94. The lowest BCUT2D eigenvalue weighted by atomic mass is 10.0. The van der Waals surface area contributed by atoms with E-state index in [1.165, 1.54) is 11.8 Å². The number of rotatable bonds is 4. The largest absolute Gasteiger partial charge is 0.466 e. The van der Waals surface area contributed by atoms with Crippen LogP contribution in [0.15, 0.2) is 52.1 Å². The molecule has 0 aliphatic rings. The van der Waals surface area contributed by atoms with E-state index in [-0.39, 0.29) is 12.5 Å². The lowest BCUT2D eigenvalue weighted by Gasteiger charge is -2.18. The smallest absolute Gasteiger partial charge is 0.193 e. The van der Waals surface area contributed by atoms with Crippen LogP contribution in [0.5, 0.6) is 0 Å². The van der Waals surface area contributed by atoms with Crippen molar-refractivity contribution in [3.8, 4) is 0 Å². The van der Waals surface area contributed by atoms with Crippen LogP contribution >= 0.6 is 0 Å². The van der Waals surface area contributed by atoms with Crippen LogP contribution in [0.4, 0.5) is 5.69 Å². The topological polar surface area (TPSA) is 83.8 Å². The lowest BCUT2D eigenvalue weighted by Crippen LogP contribution is -2.29. The monoisotopic (exact) mass is 273 g/mol. The average Bonchev–Trinajstić information content (AvgIpc) is 2.94. The molecule has 1 unspecified atom stereocenters. The highest BCUT2D eigenvalue weighted by Gasteiger charge is 2.25. The minimum atomic E-state index is -1.18. The summed E-state index contributed by atoms with van der Waals surface area (Å²) in [5.41, 5.74) is 6.65. The van der Waals surface area contributed by atoms with Crippen LogP contribution in [-0.2, 0) is 5.60 Å². The highest BCUT2D eigenvalue weighted by atomic mass is 16.4. The number of aliphatic imine (C=N–C) groups is 1. The third kappa shape index (κ3) is 3.61. The summed E-state index contributed by atoms with van der Waals surface area (Å²) in [6.45, 7) is 3.77. The zero-order valence-electron chi connectivity index (χ0n) is 11.6. The van der Waals surface area contributed by atoms with Gasteiger partial charge >= 0.3 is 0 Å². The predicted octanol–water partition coefficient (Wildman–Crippen LogP) is 2.22. The molecule has 1 aromatic carbocycles. The first kappa shape index (κ1) is 14.1. The molecule has 2 aromatic rings. The summed E-state index contributed by atoms with van der Waals surface area (Å²) in [5, 5.41) is 13.2. The molecule has 0 saturated heterocycles. The highest BCUT2D eigenvalue weighted by Crippen LogP contribution is 2.21. The molecule has 5 heteroatoms. The number of aliphatic hydroxyl groups is 1. The predicted molar refractivity (Wildman–Crippen MR) is 79.6 cm³/mol. The summed E-state index contributed by atoms with van der Waals surface area (Å²) < 4.78 is 5.18. The van der Waals surface area contributed by atoms with Gasteiger partial charge in [0.2, 0.25) is 0 Å². The van der Waals surface area contributed by atoms with Crippen LogP contribution in [-0.4, -0.2) is 17.6 Å². The highest BCUT2D eigenvalue weighted by molar-refractivity contribution is 5.92. The van der Waals surface area contributed by atoms with Crippen molar-refractivity contribution < 1.29 is 9.52 Å². The maximum atomic E-state index is 10.2. The molecule has 1 aromatic heterocycles. The Kier molecular flexibility index (Phi) is 4.10. The normalized spacial score (nSPS) is 14.8. The van der Waals surface area contributed by atoms with E-state index >= 15 is 0 Å². The third-order valence-corrected chi connectivity index (χ3v) is 2.93. The number of guanidine groups is 1.